The molecule has 2 heterocycles. The highest BCUT2D eigenvalue weighted by molar-refractivity contribution is 7.18. The molecule has 1 N–H and O–H groups in total. The van der Waals surface area contributed by atoms with Crippen molar-refractivity contribution < 1.29 is 9.59 Å². The van der Waals surface area contributed by atoms with Gasteiger partial charge >= 0.3 is 0 Å². The van der Waals surface area contributed by atoms with Gasteiger partial charge in [0.2, 0.25) is 5.91 Å². The van der Waals surface area contributed by atoms with Gasteiger partial charge in [0.1, 0.15) is 11.4 Å². The maximum absolute atomic E-state index is 13.1. The van der Waals surface area contributed by atoms with E-state index in [9.17, 15) is 14.4 Å². The van der Waals surface area contributed by atoms with Crippen molar-refractivity contribution in [3.63, 3.8) is 0 Å². The van der Waals surface area contributed by atoms with E-state index in [-0.39, 0.29) is 23.8 Å². The fraction of sp³-hybridized carbons (Fsp3) is 0.391. The van der Waals surface area contributed by atoms with E-state index in [1.165, 1.54) is 22.7 Å². The second-order valence-electron chi connectivity index (χ2n) is 8.13. The van der Waals surface area contributed by atoms with Gasteiger partial charge in [0, 0.05) is 4.88 Å². The number of thiophene rings is 1. The topological polar surface area (TPSA) is 81.1 Å². The fourth-order valence-corrected chi connectivity index (χ4v) is 5.36. The predicted molar refractivity (Wildman–Crippen MR) is 118 cm³/mol. The molecule has 0 unspecified atom stereocenters. The standard InChI is InChI=1S/C23H25N3O3S/c1-14-8-9-17-19(10-14)30-22-21(17)23(29)26(13-24-22)12-20(28)25-18(15(2)27)11-16-6-4-3-5-7-16/h3-7,13-14,18H,8-12H2,1-2H3,(H,25,28)/t14-,18-/m1/s1. The zero-order chi connectivity index (χ0) is 21.3. The summed E-state index contributed by atoms with van der Waals surface area (Å²) in [6, 6.07) is 8.93. The average Bonchev–Trinajstić information content (AvgIpc) is 3.08. The van der Waals surface area contributed by atoms with Gasteiger partial charge in [-0.1, -0.05) is 37.3 Å². The number of ketones is 1. The highest BCUT2D eigenvalue weighted by Crippen LogP contribution is 2.35. The van der Waals surface area contributed by atoms with Gasteiger partial charge in [0.25, 0.3) is 5.56 Å². The van der Waals surface area contributed by atoms with Crippen LogP contribution in [0.3, 0.4) is 0 Å². The second kappa shape index (κ2) is 8.52. The van der Waals surface area contributed by atoms with Crippen LogP contribution in [0.4, 0.5) is 0 Å². The van der Waals surface area contributed by atoms with Crippen molar-refractivity contribution in [2.45, 2.75) is 52.1 Å². The number of fused-ring (bicyclic) bond motifs is 3. The molecule has 4 rings (SSSR count). The minimum absolute atomic E-state index is 0.117. The molecule has 1 aliphatic carbocycles. The number of hydrogen-bond acceptors (Lipinski definition) is 5. The lowest BCUT2D eigenvalue weighted by Crippen LogP contribution is -2.43. The number of carbonyl (C=O) groups excluding carboxylic acids is 2. The molecule has 7 heteroatoms. The minimum Gasteiger partial charge on any atom is -0.344 e. The molecule has 6 nitrogen and oxygen atoms in total. The molecule has 0 bridgehead atoms. The summed E-state index contributed by atoms with van der Waals surface area (Å²) in [6.45, 7) is 3.54. The number of carbonyl (C=O) groups is 2. The van der Waals surface area contributed by atoms with Crippen molar-refractivity contribution in [3.05, 3.63) is 63.0 Å². The first kappa shape index (κ1) is 20.5. The maximum Gasteiger partial charge on any atom is 0.262 e. The second-order valence-corrected chi connectivity index (χ2v) is 9.21. The third-order valence-corrected chi connectivity index (χ3v) is 6.87. The lowest BCUT2D eigenvalue weighted by atomic mass is 9.89. The molecule has 0 saturated carbocycles. The Labute approximate surface area is 179 Å². The highest BCUT2D eigenvalue weighted by atomic mass is 32.1. The number of aromatic nitrogens is 2. The van der Waals surface area contributed by atoms with Crippen LogP contribution in [0.2, 0.25) is 0 Å². The van der Waals surface area contributed by atoms with E-state index in [2.05, 4.69) is 17.2 Å². The summed E-state index contributed by atoms with van der Waals surface area (Å²) < 4.78 is 1.35. The van der Waals surface area contributed by atoms with Crippen LogP contribution >= 0.6 is 11.3 Å². The maximum atomic E-state index is 13.1. The lowest BCUT2D eigenvalue weighted by Gasteiger charge is -2.18. The quantitative estimate of drug-likeness (QED) is 0.661. The Morgan fingerprint density at radius 1 is 1.30 bits per heavy atom. The van der Waals surface area contributed by atoms with Crippen LogP contribution in [0, 0.1) is 5.92 Å². The SMILES string of the molecule is CC(=O)[C@@H](Cc1ccccc1)NC(=O)Cn1cnc2sc3c(c2c1=O)CC[C@@H](C)C3. The summed E-state index contributed by atoms with van der Waals surface area (Å²) in [7, 11) is 0. The molecular formula is C23H25N3O3S. The average molecular weight is 424 g/mol. The summed E-state index contributed by atoms with van der Waals surface area (Å²) in [5.41, 5.74) is 1.90. The van der Waals surface area contributed by atoms with Gasteiger partial charge in [-0.2, -0.15) is 0 Å². The summed E-state index contributed by atoms with van der Waals surface area (Å²) in [5, 5.41) is 3.43. The van der Waals surface area contributed by atoms with Crippen LogP contribution in [-0.4, -0.2) is 27.3 Å². The number of benzene rings is 1. The number of rotatable bonds is 6. The number of amides is 1. The van der Waals surface area contributed by atoms with E-state index in [1.807, 2.05) is 30.3 Å². The fourth-order valence-electron chi connectivity index (χ4n) is 4.02. The lowest BCUT2D eigenvalue weighted by molar-refractivity contribution is -0.127. The molecule has 30 heavy (non-hydrogen) atoms. The monoisotopic (exact) mass is 423 g/mol. The Hall–Kier alpha value is -2.80. The molecule has 0 aliphatic heterocycles. The molecule has 1 amide bonds. The van der Waals surface area contributed by atoms with E-state index in [0.29, 0.717) is 17.7 Å². The van der Waals surface area contributed by atoms with E-state index >= 15 is 0 Å². The zero-order valence-electron chi connectivity index (χ0n) is 17.2. The van der Waals surface area contributed by atoms with Crippen molar-refractivity contribution in [2.24, 2.45) is 5.92 Å². The van der Waals surface area contributed by atoms with Gasteiger partial charge in [-0.05, 0) is 49.7 Å². The summed E-state index contributed by atoms with van der Waals surface area (Å²) in [5.74, 6) is 0.132. The molecule has 2 aromatic heterocycles. The third kappa shape index (κ3) is 4.21. The summed E-state index contributed by atoms with van der Waals surface area (Å²) in [6.07, 6.45) is 4.79. The molecule has 0 saturated heterocycles. The highest BCUT2D eigenvalue weighted by Gasteiger charge is 2.24. The van der Waals surface area contributed by atoms with Gasteiger partial charge in [0.05, 0.1) is 17.8 Å². The van der Waals surface area contributed by atoms with Crippen molar-refractivity contribution in [1.29, 1.82) is 0 Å². The molecule has 0 radical (unpaired) electrons. The first-order valence-corrected chi connectivity index (χ1v) is 11.1. The van der Waals surface area contributed by atoms with E-state index in [0.717, 1.165) is 35.2 Å². The number of Topliss-reactive ketones (excluding diaryl/α,β-unsaturated/α-hetero) is 1. The molecule has 1 aromatic carbocycles. The van der Waals surface area contributed by atoms with Gasteiger partial charge in [-0.3, -0.25) is 19.0 Å². The Kier molecular flexibility index (Phi) is 5.81. The van der Waals surface area contributed by atoms with Crippen LogP contribution in [0.25, 0.3) is 10.2 Å². The molecule has 156 valence electrons. The number of nitrogens with one attached hydrogen (secondary N) is 1. The summed E-state index contributed by atoms with van der Waals surface area (Å²) >= 11 is 1.59. The van der Waals surface area contributed by atoms with Gasteiger partial charge in [0.15, 0.2) is 5.78 Å². The number of aryl methyl sites for hydroxylation is 1. The zero-order valence-corrected chi connectivity index (χ0v) is 18.0. The van der Waals surface area contributed by atoms with Crippen LogP contribution in [-0.2, 0) is 35.4 Å². The smallest absolute Gasteiger partial charge is 0.262 e. The summed E-state index contributed by atoms with van der Waals surface area (Å²) in [4.78, 5) is 44.2. The largest absolute Gasteiger partial charge is 0.344 e. The van der Waals surface area contributed by atoms with Crippen molar-refractivity contribution >= 4 is 33.2 Å². The third-order valence-electron chi connectivity index (χ3n) is 5.70. The molecule has 3 aromatic rings. The first-order chi connectivity index (χ1) is 14.4. The minimum atomic E-state index is -0.623. The van der Waals surface area contributed by atoms with E-state index in [4.69, 9.17) is 0 Å². The van der Waals surface area contributed by atoms with Gasteiger partial charge in [-0.25, -0.2) is 4.98 Å². The Morgan fingerprint density at radius 2 is 2.07 bits per heavy atom. The van der Waals surface area contributed by atoms with Crippen LogP contribution in [0.5, 0.6) is 0 Å². The van der Waals surface area contributed by atoms with Gasteiger partial charge < -0.3 is 5.32 Å². The van der Waals surface area contributed by atoms with Crippen molar-refractivity contribution in [2.75, 3.05) is 0 Å². The Bertz CT molecular complexity index is 1150. The number of nitrogens with zero attached hydrogens (tertiary/aromatic N) is 2. The van der Waals surface area contributed by atoms with E-state index < -0.39 is 6.04 Å². The molecule has 2 atom stereocenters. The van der Waals surface area contributed by atoms with Crippen molar-refractivity contribution in [3.8, 4) is 0 Å². The van der Waals surface area contributed by atoms with Gasteiger partial charge in [-0.15, -0.1) is 11.3 Å². The normalized spacial score (nSPS) is 16.8. The molecule has 0 fully saturated rings. The number of hydrogen-bond donors (Lipinski definition) is 1. The predicted octanol–water partition coefficient (Wildman–Crippen LogP) is 2.90. The van der Waals surface area contributed by atoms with Crippen LogP contribution in [0.15, 0.2) is 41.5 Å². The molecule has 0 spiro atoms. The molecular weight excluding hydrogens is 398 g/mol. The van der Waals surface area contributed by atoms with Crippen LogP contribution < -0.4 is 10.9 Å². The van der Waals surface area contributed by atoms with E-state index in [1.54, 1.807) is 11.3 Å². The van der Waals surface area contributed by atoms with Crippen LogP contribution in [0.1, 0.15) is 36.3 Å². The first-order valence-electron chi connectivity index (χ1n) is 10.3. The van der Waals surface area contributed by atoms with Crippen molar-refractivity contribution in [1.82, 2.24) is 14.9 Å². The molecule has 1 aliphatic rings. The Balaban J connectivity index is 1.53. The Morgan fingerprint density at radius 3 is 2.80 bits per heavy atom.